The molecule has 0 aromatic heterocycles. The largest absolute Gasteiger partial charge is 0.366 e. The van der Waals surface area contributed by atoms with Crippen LogP contribution < -0.4 is 10.6 Å². The molecule has 0 saturated carbocycles. The minimum atomic E-state index is -0.422. The molecule has 108 valence electrons. The Morgan fingerprint density at radius 2 is 2.15 bits per heavy atom. The first-order valence-electron chi connectivity index (χ1n) is 6.48. The van der Waals surface area contributed by atoms with Crippen LogP contribution in [0, 0.1) is 26.9 Å². The summed E-state index contributed by atoms with van der Waals surface area (Å²) in [7, 11) is 0. The highest BCUT2D eigenvalue weighted by molar-refractivity contribution is 5.66. The first-order valence-corrected chi connectivity index (χ1v) is 6.48. The second kappa shape index (κ2) is 6.35. The number of nitro benzene ring substituents is 1. The lowest BCUT2D eigenvalue weighted by Crippen LogP contribution is -2.39. The summed E-state index contributed by atoms with van der Waals surface area (Å²) in [5.74, 6) is 0. The zero-order valence-electron chi connectivity index (χ0n) is 12.1. The van der Waals surface area contributed by atoms with Gasteiger partial charge in [-0.2, -0.15) is 5.26 Å². The molecule has 0 aliphatic carbocycles. The highest BCUT2D eigenvalue weighted by atomic mass is 16.6. The molecule has 0 radical (unpaired) electrons. The van der Waals surface area contributed by atoms with Crippen molar-refractivity contribution < 1.29 is 4.92 Å². The number of nitriles is 1. The summed E-state index contributed by atoms with van der Waals surface area (Å²) >= 11 is 0. The van der Waals surface area contributed by atoms with E-state index in [1.54, 1.807) is 6.07 Å². The van der Waals surface area contributed by atoms with Crippen molar-refractivity contribution in [3.63, 3.8) is 0 Å². The lowest BCUT2D eigenvalue weighted by Gasteiger charge is -2.32. The summed E-state index contributed by atoms with van der Waals surface area (Å²) in [5, 5.41) is 20.1. The molecule has 0 heterocycles. The molecule has 1 aromatic carbocycles. The Bertz CT molecular complexity index is 534. The van der Waals surface area contributed by atoms with Crippen LogP contribution in [0.2, 0.25) is 0 Å². The van der Waals surface area contributed by atoms with Gasteiger partial charge in [-0.05, 0) is 31.0 Å². The first-order chi connectivity index (χ1) is 9.34. The highest BCUT2D eigenvalue weighted by Gasteiger charge is 2.25. The molecule has 0 bridgehead atoms. The summed E-state index contributed by atoms with van der Waals surface area (Å²) < 4.78 is 0. The molecular weight excluding hydrogens is 256 g/mol. The Morgan fingerprint density at radius 1 is 1.50 bits per heavy atom. The molecule has 0 aliphatic rings. The van der Waals surface area contributed by atoms with E-state index in [-0.39, 0.29) is 11.1 Å². The molecule has 20 heavy (non-hydrogen) atoms. The fourth-order valence-electron chi connectivity index (χ4n) is 1.95. The van der Waals surface area contributed by atoms with Crippen LogP contribution in [0.4, 0.5) is 11.4 Å². The summed E-state index contributed by atoms with van der Waals surface area (Å²) in [4.78, 5) is 12.6. The van der Waals surface area contributed by atoms with Crippen molar-refractivity contribution in [2.24, 2.45) is 11.1 Å². The number of hydrogen-bond donors (Lipinski definition) is 1. The van der Waals surface area contributed by atoms with Crippen molar-refractivity contribution in [3.8, 4) is 6.07 Å². The maximum absolute atomic E-state index is 11.1. The topological polar surface area (TPSA) is 96.2 Å². The summed E-state index contributed by atoms with van der Waals surface area (Å²) in [6.45, 7) is 7.63. The smallest absolute Gasteiger partial charge is 0.292 e. The second-order valence-electron chi connectivity index (χ2n) is 5.45. The monoisotopic (exact) mass is 276 g/mol. The van der Waals surface area contributed by atoms with Crippen molar-refractivity contribution in [1.29, 1.82) is 5.26 Å². The number of hydrogen-bond acceptors (Lipinski definition) is 5. The van der Waals surface area contributed by atoms with Crippen LogP contribution in [0.15, 0.2) is 18.2 Å². The quantitative estimate of drug-likeness (QED) is 0.635. The molecule has 0 aliphatic heterocycles. The van der Waals surface area contributed by atoms with E-state index in [1.165, 1.54) is 12.1 Å². The van der Waals surface area contributed by atoms with Gasteiger partial charge in [0.05, 0.1) is 16.6 Å². The van der Waals surface area contributed by atoms with Gasteiger partial charge in [0.1, 0.15) is 5.69 Å². The van der Waals surface area contributed by atoms with Crippen molar-refractivity contribution in [3.05, 3.63) is 33.9 Å². The van der Waals surface area contributed by atoms with E-state index in [0.29, 0.717) is 30.9 Å². The van der Waals surface area contributed by atoms with Gasteiger partial charge in [-0.3, -0.25) is 10.1 Å². The van der Waals surface area contributed by atoms with E-state index in [2.05, 4.69) is 0 Å². The van der Waals surface area contributed by atoms with Gasteiger partial charge in [0.2, 0.25) is 0 Å². The summed E-state index contributed by atoms with van der Waals surface area (Å²) in [6, 6.07) is 6.42. The van der Waals surface area contributed by atoms with Crippen LogP contribution >= 0.6 is 0 Å². The molecule has 0 atom stereocenters. The predicted molar refractivity (Wildman–Crippen MR) is 78.5 cm³/mol. The second-order valence-corrected chi connectivity index (χ2v) is 5.45. The molecule has 1 aromatic rings. The third kappa shape index (κ3) is 3.68. The maximum Gasteiger partial charge on any atom is 0.292 e. The van der Waals surface area contributed by atoms with Crippen LogP contribution in [0.3, 0.4) is 0 Å². The van der Waals surface area contributed by atoms with Gasteiger partial charge in [0, 0.05) is 19.2 Å². The van der Waals surface area contributed by atoms with Gasteiger partial charge in [-0.15, -0.1) is 0 Å². The number of benzene rings is 1. The van der Waals surface area contributed by atoms with E-state index in [4.69, 9.17) is 11.0 Å². The molecule has 1 rings (SSSR count). The van der Waals surface area contributed by atoms with Gasteiger partial charge < -0.3 is 10.6 Å². The summed E-state index contributed by atoms with van der Waals surface area (Å²) in [5.41, 5.74) is 6.46. The average molecular weight is 276 g/mol. The van der Waals surface area contributed by atoms with E-state index in [9.17, 15) is 10.1 Å². The van der Waals surface area contributed by atoms with Crippen LogP contribution in [-0.4, -0.2) is 24.6 Å². The van der Waals surface area contributed by atoms with Gasteiger partial charge in [0.25, 0.3) is 5.69 Å². The van der Waals surface area contributed by atoms with Gasteiger partial charge in [-0.25, -0.2) is 0 Å². The average Bonchev–Trinajstić information content (AvgIpc) is 2.44. The molecule has 6 nitrogen and oxygen atoms in total. The Morgan fingerprint density at radius 3 is 2.60 bits per heavy atom. The third-order valence-electron chi connectivity index (χ3n) is 3.20. The van der Waals surface area contributed by atoms with Crippen molar-refractivity contribution in [2.45, 2.75) is 20.8 Å². The standard InChI is InChI=1S/C14H20N4O2/c1-4-17(10-14(2,3)9-16)13-7-11(8-15)5-6-12(13)18(19)20/h5-7H,4,9-10,16H2,1-3H3. The lowest BCUT2D eigenvalue weighted by atomic mass is 9.92. The maximum atomic E-state index is 11.1. The molecule has 0 unspecified atom stereocenters. The van der Waals surface area contributed by atoms with Crippen LogP contribution in [0.1, 0.15) is 26.3 Å². The first kappa shape index (κ1) is 15.9. The number of nitrogens with zero attached hydrogens (tertiary/aromatic N) is 3. The van der Waals surface area contributed by atoms with Crippen LogP contribution in [0.25, 0.3) is 0 Å². The molecule has 0 fully saturated rings. The van der Waals surface area contributed by atoms with Crippen molar-refractivity contribution >= 4 is 11.4 Å². The van der Waals surface area contributed by atoms with Crippen molar-refractivity contribution in [2.75, 3.05) is 24.5 Å². The molecule has 0 saturated heterocycles. The zero-order chi connectivity index (χ0) is 15.3. The van der Waals surface area contributed by atoms with Gasteiger partial charge >= 0.3 is 0 Å². The van der Waals surface area contributed by atoms with E-state index in [0.717, 1.165) is 0 Å². The van der Waals surface area contributed by atoms with Gasteiger partial charge in [0.15, 0.2) is 0 Å². The number of rotatable bonds is 6. The minimum absolute atomic E-state index is 0.0127. The lowest BCUT2D eigenvalue weighted by molar-refractivity contribution is -0.384. The summed E-state index contributed by atoms with van der Waals surface area (Å²) in [6.07, 6.45) is 0. The number of nitro groups is 1. The Kier molecular flexibility index (Phi) is 5.06. The Balaban J connectivity index is 3.26. The predicted octanol–water partition coefficient (Wildman–Crippen LogP) is 2.28. The SMILES string of the molecule is CCN(CC(C)(C)CN)c1cc(C#N)ccc1[N+](=O)[O-]. The fourth-order valence-corrected chi connectivity index (χ4v) is 1.95. The Hall–Kier alpha value is -2.13. The highest BCUT2D eigenvalue weighted by Crippen LogP contribution is 2.31. The van der Waals surface area contributed by atoms with E-state index < -0.39 is 4.92 Å². The fraction of sp³-hybridized carbons (Fsp3) is 0.500. The number of anilines is 1. The van der Waals surface area contributed by atoms with E-state index >= 15 is 0 Å². The van der Waals surface area contributed by atoms with Crippen molar-refractivity contribution in [1.82, 2.24) is 0 Å². The molecule has 0 spiro atoms. The van der Waals surface area contributed by atoms with Crippen LogP contribution in [-0.2, 0) is 0 Å². The minimum Gasteiger partial charge on any atom is -0.366 e. The van der Waals surface area contributed by atoms with Gasteiger partial charge in [-0.1, -0.05) is 13.8 Å². The Labute approximate surface area is 118 Å². The number of nitrogens with two attached hydrogens (primary N) is 1. The normalized spacial score (nSPS) is 10.9. The zero-order valence-corrected chi connectivity index (χ0v) is 12.1. The molecule has 6 heteroatoms. The molecule has 2 N–H and O–H groups in total. The molecule has 0 amide bonds. The third-order valence-corrected chi connectivity index (χ3v) is 3.20. The van der Waals surface area contributed by atoms with E-state index in [1.807, 2.05) is 31.7 Å². The van der Waals surface area contributed by atoms with Crippen LogP contribution in [0.5, 0.6) is 0 Å². The molecular formula is C14H20N4O2.